The molecule has 1 aliphatic heterocycles. The Labute approximate surface area is 160 Å². The molecule has 1 aliphatic rings. The number of benzene rings is 1. The molecule has 0 unspecified atom stereocenters. The molecule has 0 aliphatic carbocycles. The van der Waals surface area contributed by atoms with Gasteiger partial charge in [-0.3, -0.25) is 14.9 Å². The van der Waals surface area contributed by atoms with Crippen LogP contribution >= 0.6 is 0 Å². The minimum absolute atomic E-state index is 0.365. The van der Waals surface area contributed by atoms with E-state index in [4.69, 9.17) is 9.72 Å². The molecule has 1 aromatic carbocycles. The number of hydrogen-bond acceptors (Lipinski definition) is 4. The van der Waals surface area contributed by atoms with Crippen molar-refractivity contribution in [2.45, 2.75) is 31.8 Å². The van der Waals surface area contributed by atoms with Crippen LogP contribution in [0.15, 0.2) is 66.9 Å². The van der Waals surface area contributed by atoms with E-state index in [-0.39, 0.29) is 0 Å². The third kappa shape index (κ3) is 4.17. The average molecular weight is 359 g/mol. The predicted molar refractivity (Wildman–Crippen MR) is 107 cm³/mol. The van der Waals surface area contributed by atoms with Crippen LogP contribution < -0.4 is 4.74 Å². The fourth-order valence-electron chi connectivity index (χ4n) is 3.88. The lowest BCUT2D eigenvalue weighted by Gasteiger charge is -2.24. The highest BCUT2D eigenvalue weighted by molar-refractivity contribution is 5.36. The lowest BCUT2D eigenvalue weighted by Crippen LogP contribution is -2.24. The zero-order valence-corrected chi connectivity index (χ0v) is 15.7. The maximum atomic E-state index is 5.49. The van der Waals surface area contributed by atoms with Crippen molar-refractivity contribution in [2.75, 3.05) is 13.7 Å². The highest BCUT2D eigenvalue weighted by Gasteiger charge is 2.27. The third-order valence-electron chi connectivity index (χ3n) is 5.19. The van der Waals surface area contributed by atoms with Gasteiger partial charge in [0.25, 0.3) is 0 Å². The van der Waals surface area contributed by atoms with Gasteiger partial charge in [0, 0.05) is 30.4 Å². The Morgan fingerprint density at radius 3 is 2.70 bits per heavy atom. The summed E-state index contributed by atoms with van der Waals surface area (Å²) in [6.07, 6.45) is 5.01. The normalized spacial score (nSPS) is 17.1. The first-order chi connectivity index (χ1) is 13.3. The fourth-order valence-corrected chi connectivity index (χ4v) is 3.88. The number of nitrogens with zero attached hydrogens (tertiary/aromatic N) is 3. The summed E-state index contributed by atoms with van der Waals surface area (Å²) in [5.74, 6) is 0.919. The van der Waals surface area contributed by atoms with Crippen LogP contribution in [0.4, 0.5) is 0 Å². The van der Waals surface area contributed by atoms with Gasteiger partial charge in [0.15, 0.2) is 0 Å². The molecule has 4 rings (SSSR count). The van der Waals surface area contributed by atoms with Crippen molar-refractivity contribution in [3.8, 4) is 5.75 Å². The lowest BCUT2D eigenvalue weighted by molar-refractivity contribution is 0.241. The van der Waals surface area contributed by atoms with Crippen molar-refractivity contribution in [3.63, 3.8) is 0 Å². The number of likely N-dealkylation sites (tertiary alicyclic amines) is 1. The van der Waals surface area contributed by atoms with Crippen LogP contribution in [0.5, 0.6) is 5.75 Å². The zero-order chi connectivity index (χ0) is 18.5. The van der Waals surface area contributed by atoms with Crippen LogP contribution in [0.25, 0.3) is 0 Å². The quantitative estimate of drug-likeness (QED) is 0.653. The summed E-state index contributed by atoms with van der Waals surface area (Å²) in [7, 11) is 1.72. The van der Waals surface area contributed by atoms with E-state index in [1.807, 2.05) is 30.5 Å². The van der Waals surface area contributed by atoms with Crippen LogP contribution in [0.3, 0.4) is 0 Å². The molecule has 0 amide bonds. The van der Waals surface area contributed by atoms with Gasteiger partial charge < -0.3 is 4.74 Å². The molecule has 2 aromatic heterocycles. The molecule has 0 spiro atoms. The summed E-state index contributed by atoms with van der Waals surface area (Å²) in [6.45, 7) is 1.98. The molecule has 0 bridgehead atoms. The highest BCUT2D eigenvalue weighted by Crippen LogP contribution is 2.32. The Hall–Kier alpha value is -2.72. The number of ether oxygens (including phenoxy) is 1. The van der Waals surface area contributed by atoms with E-state index in [1.165, 1.54) is 12.0 Å². The van der Waals surface area contributed by atoms with E-state index in [9.17, 15) is 0 Å². The van der Waals surface area contributed by atoms with Crippen molar-refractivity contribution in [3.05, 3.63) is 89.5 Å². The minimum Gasteiger partial charge on any atom is -0.496 e. The first kappa shape index (κ1) is 17.7. The predicted octanol–water partition coefficient (Wildman–Crippen LogP) is 4.41. The van der Waals surface area contributed by atoms with Crippen molar-refractivity contribution in [1.82, 2.24) is 14.9 Å². The van der Waals surface area contributed by atoms with Crippen LogP contribution in [0.2, 0.25) is 0 Å². The van der Waals surface area contributed by atoms with E-state index in [2.05, 4.69) is 46.3 Å². The summed E-state index contributed by atoms with van der Waals surface area (Å²) >= 11 is 0. The monoisotopic (exact) mass is 359 g/mol. The van der Waals surface area contributed by atoms with E-state index < -0.39 is 0 Å². The summed E-state index contributed by atoms with van der Waals surface area (Å²) in [5.41, 5.74) is 4.54. The molecule has 0 radical (unpaired) electrons. The van der Waals surface area contributed by atoms with E-state index in [1.54, 1.807) is 7.11 Å². The standard InChI is InChI=1S/C23H25N3O/c1-27-23-13-3-2-8-18(23)16-19-10-6-11-21(25-19)22-12-7-15-26(22)17-20-9-4-5-14-24-20/h2-6,8-11,13-14,22H,7,12,15-17H2,1H3/t22-/m0/s1. The van der Waals surface area contributed by atoms with Crippen LogP contribution in [-0.2, 0) is 13.0 Å². The SMILES string of the molecule is COc1ccccc1Cc1cccc([C@@H]2CCCN2Cc2ccccn2)n1. The largest absolute Gasteiger partial charge is 0.496 e. The summed E-state index contributed by atoms with van der Waals surface area (Å²) in [6, 6.07) is 21.0. The second-order valence-electron chi connectivity index (χ2n) is 6.99. The summed E-state index contributed by atoms with van der Waals surface area (Å²) in [5, 5.41) is 0. The van der Waals surface area contributed by atoms with E-state index in [0.29, 0.717) is 6.04 Å². The number of pyridine rings is 2. The topological polar surface area (TPSA) is 38.2 Å². The van der Waals surface area contributed by atoms with Crippen molar-refractivity contribution in [1.29, 1.82) is 0 Å². The number of hydrogen-bond donors (Lipinski definition) is 0. The van der Waals surface area contributed by atoms with Gasteiger partial charge in [-0.15, -0.1) is 0 Å². The van der Waals surface area contributed by atoms with Gasteiger partial charge >= 0.3 is 0 Å². The van der Waals surface area contributed by atoms with Gasteiger partial charge in [-0.1, -0.05) is 30.3 Å². The second kappa shape index (κ2) is 8.31. The van der Waals surface area contributed by atoms with Gasteiger partial charge in [0.1, 0.15) is 5.75 Å². The molecular weight excluding hydrogens is 334 g/mol. The third-order valence-corrected chi connectivity index (χ3v) is 5.19. The smallest absolute Gasteiger partial charge is 0.122 e. The Morgan fingerprint density at radius 2 is 1.85 bits per heavy atom. The molecule has 138 valence electrons. The Kier molecular flexibility index (Phi) is 5.45. The maximum absolute atomic E-state index is 5.49. The van der Waals surface area contributed by atoms with E-state index in [0.717, 1.165) is 48.8 Å². The number of aromatic nitrogens is 2. The van der Waals surface area contributed by atoms with Gasteiger partial charge in [-0.25, -0.2) is 0 Å². The number of methoxy groups -OCH3 is 1. The van der Waals surface area contributed by atoms with Gasteiger partial charge in [-0.2, -0.15) is 0 Å². The Balaban J connectivity index is 1.53. The molecule has 4 heteroatoms. The first-order valence-corrected chi connectivity index (χ1v) is 9.55. The molecule has 27 heavy (non-hydrogen) atoms. The molecule has 4 nitrogen and oxygen atoms in total. The van der Waals surface area contributed by atoms with Gasteiger partial charge in [-0.05, 0) is 49.7 Å². The Bertz CT molecular complexity index is 882. The number of rotatable bonds is 6. The van der Waals surface area contributed by atoms with Crippen LogP contribution in [0.1, 0.15) is 41.5 Å². The molecular formula is C23H25N3O. The molecule has 1 saturated heterocycles. The molecule has 3 aromatic rings. The summed E-state index contributed by atoms with van der Waals surface area (Å²) < 4.78 is 5.49. The van der Waals surface area contributed by atoms with Crippen LogP contribution in [-0.4, -0.2) is 28.5 Å². The highest BCUT2D eigenvalue weighted by atomic mass is 16.5. The Morgan fingerprint density at radius 1 is 1.00 bits per heavy atom. The van der Waals surface area contributed by atoms with Crippen molar-refractivity contribution >= 4 is 0 Å². The maximum Gasteiger partial charge on any atom is 0.122 e. The average Bonchev–Trinajstić information content (AvgIpc) is 3.17. The first-order valence-electron chi connectivity index (χ1n) is 9.55. The molecule has 1 atom stereocenters. The number of para-hydroxylation sites is 1. The van der Waals surface area contributed by atoms with Gasteiger partial charge in [0.2, 0.25) is 0 Å². The lowest BCUT2D eigenvalue weighted by atomic mass is 10.1. The van der Waals surface area contributed by atoms with Crippen LogP contribution in [0, 0.1) is 0 Å². The summed E-state index contributed by atoms with van der Waals surface area (Å²) in [4.78, 5) is 12.0. The zero-order valence-electron chi connectivity index (χ0n) is 15.7. The molecule has 0 saturated carbocycles. The van der Waals surface area contributed by atoms with Gasteiger partial charge in [0.05, 0.1) is 24.5 Å². The molecule has 0 N–H and O–H groups in total. The van der Waals surface area contributed by atoms with Crippen molar-refractivity contribution in [2.24, 2.45) is 0 Å². The molecule has 1 fully saturated rings. The molecule has 3 heterocycles. The van der Waals surface area contributed by atoms with E-state index >= 15 is 0 Å². The second-order valence-corrected chi connectivity index (χ2v) is 6.99. The minimum atomic E-state index is 0.365. The fraction of sp³-hybridized carbons (Fsp3) is 0.304. The van der Waals surface area contributed by atoms with Crippen molar-refractivity contribution < 1.29 is 4.74 Å².